The molecular formula is C16H19FN2O5. The number of benzene rings is 1. The number of nitrogens with one attached hydrogen (secondary N) is 1. The highest BCUT2D eigenvalue weighted by Crippen LogP contribution is 2.06. The van der Waals surface area contributed by atoms with Crippen LogP contribution in [-0.4, -0.2) is 61.6 Å². The Hall–Kier alpha value is -2.48. The van der Waals surface area contributed by atoms with E-state index in [1.807, 2.05) is 6.92 Å². The lowest BCUT2D eigenvalue weighted by Crippen LogP contribution is -2.46. The monoisotopic (exact) mass is 338 g/mol. The third-order valence-electron chi connectivity index (χ3n) is 3.46. The summed E-state index contributed by atoms with van der Waals surface area (Å²) in [6.45, 7) is 2.34. The lowest BCUT2D eigenvalue weighted by molar-refractivity contribution is -0.154. The van der Waals surface area contributed by atoms with Gasteiger partial charge in [-0.2, -0.15) is 0 Å². The van der Waals surface area contributed by atoms with Crippen LogP contribution in [0.4, 0.5) is 4.39 Å². The Bertz CT molecular complexity index is 622. The van der Waals surface area contributed by atoms with E-state index in [1.165, 1.54) is 18.2 Å². The molecule has 2 rings (SSSR count). The first-order valence-corrected chi connectivity index (χ1v) is 7.55. The van der Waals surface area contributed by atoms with Gasteiger partial charge >= 0.3 is 5.97 Å². The third kappa shape index (κ3) is 5.02. The SMILES string of the molecule is CC1CN(C(=O)COC(=O)CNC(=O)c2ccccc2F)CCO1. The van der Waals surface area contributed by atoms with Crippen LogP contribution in [0.3, 0.4) is 0 Å². The number of esters is 1. The van der Waals surface area contributed by atoms with Crippen LogP contribution in [0.2, 0.25) is 0 Å². The summed E-state index contributed by atoms with van der Waals surface area (Å²) >= 11 is 0. The van der Waals surface area contributed by atoms with E-state index in [2.05, 4.69) is 5.32 Å². The van der Waals surface area contributed by atoms with E-state index < -0.39 is 30.8 Å². The molecule has 0 saturated carbocycles. The van der Waals surface area contributed by atoms with Gasteiger partial charge in [-0.15, -0.1) is 0 Å². The summed E-state index contributed by atoms with van der Waals surface area (Å²) in [6, 6.07) is 5.42. The molecule has 8 heteroatoms. The Kier molecular flexibility index (Phi) is 6.25. The molecule has 1 atom stereocenters. The summed E-state index contributed by atoms with van der Waals surface area (Å²) in [5, 5.41) is 2.25. The lowest BCUT2D eigenvalue weighted by atomic mass is 10.2. The minimum atomic E-state index is -0.769. The van der Waals surface area contributed by atoms with Crippen LogP contribution in [0.15, 0.2) is 24.3 Å². The summed E-state index contributed by atoms with van der Waals surface area (Å²) < 4.78 is 23.6. The molecule has 0 radical (unpaired) electrons. The van der Waals surface area contributed by atoms with Crippen LogP contribution in [0, 0.1) is 5.82 Å². The maximum atomic E-state index is 13.4. The number of amides is 2. The number of carbonyl (C=O) groups is 3. The molecule has 0 spiro atoms. The average Bonchev–Trinajstić information content (AvgIpc) is 2.58. The van der Waals surface area contributed by atoms with E-state index in [1.54, 1.807) is 4.90 Å². The van der Waals surface area contributed by atoms with Crippen LogP contribution in [0.5, 0.6) is 0 Å². The first kappa shape index (κ1) is 17.9. The van der Waals surface area contributed by atoms with Crippen LogP contribution in [0.1, 0.15) is 17.3 Å². The molecule has 1 aliphatic rings. The van der Waals surface area contributed by atoms with E-state index in [9.17, 15) is 18.8 Å². The predicted octanol–water partition coefficient (Wildman–Crippen LogP) is 0.346. The highest BCUT2D eigenvalue weighted by Gasteiger charge is 2.22. The van der Waals surface area contributed by atoms with Crippen molar-refractivity contribution in [2.45, 2.75) is 13.0 Å². The maximum absolute atomic E-state index is 13.4. The van der Waals surface area contributed by atoms with Crippen molar-refractivity contribution in [2.24, 2.45) is 0 Å². The molecule has 2 amide bonds. The predicted molar refractivity (Wildman–Crippen MR) is 81.7 cm³/mol. The molecule has 7 nitrogen and oxygen atoms in total. The van der Waals surface area contributed by atoms with Crippen molar-refractivity contribution < 1.29 is 28.2 Å². The number of morpholine rings is 1. The van der Waals surface area contributed by atoms with E-state index >= 15 is 0 Å². The second-order valence-electron chi connectivity index (χ2n) is 5.34. The van der Waals surface area contributed by atoms with Gasteiger partial charge in [-0.1, -0.05) is 12.1 Å². The molecule has 1 aromatic rings. The number of hydrogen-bond acceptors (Lipinski definition) is 5. The van der Waals surface area contributed by atoms with Gasteiger partial charge in [0.2, 0.25) is 0 Å². The van der Waals surface area contributed by atoms with Crippen molar-refractivity contribution in [1.82, 2.24) is 10.2 Å². The molecule has 1 fully saturated rings. The summed E-state index contributed by atoms with van der Waals surface area (Å²) in [4.78, 5) is 36.8. The van der Waals surface area contributed by atoms with Crippen molar-refractivity contribution in [1.29, 1.82) is 0 Å². The van der Waals surface area contributed by atoms with Gasteiger partial charge < -0.3 is 19.7 Å². The van der Waals surface area contributed by atoms with Crippen molar-refractivity contribution in [3.63, 3.8) is 0 Å². The molecule has 1 aliphatic heterocycles. The fourth-order valence-corrected chi connectivity index (χ4v) is 2.22. The van der Waals surface area contributed by atoms with Crippen LogP contribution in [0.25, 0.3) is 0 Å². The molecule has 1 aromatic carbocycles. The Morgan fingerprint density at radius 3 is 2.83 bits per heavy atom. The molecule has 1 saturated heterocycles. The van der Waals surface area contributed by atoms with Crippen molar-refractivity contribution >= 4 is 17.8 Å². The highest BCUT2D eigenvalue weighted by molar-refractivity contribution is 5.96. The molecule has 0 bridgehead atoms. The van der Waals surface area contributed by atoms with Crippen molar-refractivity contribution in [2.75, 3.05) is 32.8 Å². The fourth-order valence-electron chi connectivity index (χ4n) is 2.22. The molecular weight excluding hydrogens is 319 g/mol. The van der Waals surface area contributed by atoms with Crippen LogP contribution >= 0.6 is 0 Å². The third-order valence-corrected chi connectivity index (χ3v) is 3.46. The summed E-state index contributed by atoms with van der Waals surface area (Å²) in [6.07, 6.45) is -0.0570. The molecule has 1 heterocycles. The number of hydrogen-bond donors (Lipinski definition) is 1. The van der Waals surface area contributed by atoms with Gasteiger partial charge in [0, 0.05) is 13.1 Å². The van der Waals surface area contributed by atoms with Gasteiger partial charge in [0.25, 0.3) is 11.8 Å². The van der Waals surface area contributed by atoms with E-state index in [-0.39, 0.29) is 17.6 Å². The second kappa shape index (κ2) is 8.39. The Morgan fingerprint density at radius 1 is 1.38 bits per heavy atom. The quantitative estimate of drug-likeness (QED) is 0.783. The smallest absolute Gasteiger partial charge is 0.325 e. The number of nitrogens with zero attached hydrogens (tertiary/aromatic N) is 1. The Labute approximate surface area is 138 Å². The summed E-state index contributed by atoms with van der Waals surface area (Å²) in [5.74, 6) is -2.49. The largest absolute Gasteiger partial charge is 0.454 e. The van der Waals surface area contributed by atoms with Crippen molar-refractivity contribution in [3.05, 3.63) is 35.6 Å². The molecule has 0 aliphatic carbocycles. The molecule has 1 N–H and O–H groups in total. The minimum absolute atomic E-state index is 0.0570. The van der Waals surface area contributed by atoms with Gasteiger partial charge in [-0.25, -0.2) is 4.39 Å². The van der Waals surface area contributed by atoms with Gasteiger partial charge in [-0.05, 0) is 19.1 Å². The number of ether oxygens (including phenoxy) is 2. The Balaban J connectivity index is 1.72. The van der Waals surface area contributed by atoms with Gasteiger partial charge in [0.1, 0.15) is 12.4 Å². The minimum Gasteiger partial charge on any atom is -0.454 e. The maximum Gasteiger partial charge on any atom is 0.325 e. The van der Waals surface area contributed by atoms with Crippen LogP contribution < -0.4 is 5.32 Å². The van der Waals surface area contributed by atoms with Gasteiger partial charge in [0.05, 0.1) is 18.3 Å². The number of halogens is 1. The first-order valence-electron chi connectivity index (χ1n) is 7.55. The fraction of sp³-hybridized carbons (Fsp3) is 0.438. The van der Waals surface area contributed by atoms with Crippen molar-refractivity contribution in [3.8, 4) is 0 Å². The number of carbonyl (C=O) groups excluding carboxylic acids is 3. The van der Waals surface area contributed by atoms with Gasteiger partial charge in [0.15, 0.2) is 6.61 Å². The zero-order valence-corrected chi connectivity index (χ0v) is 13.3. The zero-order valence-electron chi connectivity index (χ0n) is 13.3. The average molecular weight is 338 g/mol. The zero-order chi connectivity index (χ0) is 17.5. The van der Waals surface area contributed by atoms with Gasteiger partial charge in [-0.3, -0.25) is 14.4 Å². The highest BCUT2D eigenvalue weighted by atomic mass is 19.1. The summed E-state index contributed by atoms with van der Waals surface area (Å²) in [7, 11) is 0. The topological polar surface area (TPSA) is 84.9 Å². The van der Waals surface area contributed by atoms with Crippen LogP contribution in [-0.2, 0) is 19.1 Å². The molecule has 0 aromatic heterocycles. The normalized spacial score (nSPS) is 17.2. The standard InChI is InChI=1S/C16H19FN2O5/c1-11-9-19(6-7-23-11)14(20)10-24-15(21)8-18-16(22)12-4-2-3-5-13(12)17/h2-5,11H,6-10H2,1H3,(H,18,22). The van der Waals surface area contributed by atoms with E-state index in [0.29, 0.717) is 19.7 Å². The Morgan fingerprint density at radius 2 is 2.12 bits per heavy atom. The molecule has 1 unspecified atom stereocenters. The number of rotatable bonds is 5. The van der Waals surface area contributed by atoms with E-state index in [4.69, 9.17) is 9.47 Å². The second-order valence-corrected chi connectivity index (χ2v) is 5.34. The van der Waals surface area contributed by atoms with E-state index in [0.717, 1.165) is 6.07 Å². The summed E-state index contributed by atoms with van der Waals surface area (Å²) in [5.41, 5.74) is -0.163. The molecule has 24 heavy (non-hydrogen) atoms. The lowest BCUT2D eigenvalue weighted by Gasteiger charge is -2.30. The molecule has 130 valence electrons. The first-order chi connectivity index (χ1) is 11.5.